The van der Waals surface area contributed by atoms with Crippen molar-refractivity contribution in [3.8, 4) is 5.75 Å². The van der Waals surface area contributed by atoms with Gasteiger partial charge in [0.25, 0.3) is 0 Å². The second kappa shape index (κ2) is 9.76. The molecule has 1 aliphatic heterocycles. The summed E-state index contributed by atoms with van der Waals surface area (Å²) in [5.74, 6) is 0.533. The number of anilines is 1. The maximum Gasteiger partial charge on any atom is 0.226 e. The maximum absolute atomic E-state index is 12.7. The molecule has 3 heterocycles. The predicted octanol–water partition coefficient (Wildman–Crippen LogP) is 4.92. The Morgan fingerprint density at radius 2 is 2.13 bits per heavy atom. The number of nitrogens with one attached hydrogen (secondary N) is 2. The fourth-order valence-corrected chi connectivity index (χ4v) is 5.55. The number of aromatic nitrogens is 1. The number of nitrogens with zero attached hydrogens (tertiary/aromatic N) is 2. The molecule has 2 N–H and O–H groups in total. The molecule has 3 aromatic rings. The van der Waals surface area contributed by atoms with Gasteiger partial charge in [-0.1, -0.05) is 18.2 Å². The molecule has 160 valence electrons. The summed E-state index contributed by atoms with van der Waals surface area (Å²) in [5, 5.41) is 9.01. The van der Waals surface area contributed by atoms with E-state index in [0.29, 0.717) is 23.1 Å². The molecule has 4 rings (SSSR count). The Morgan fingerprint density at radius 1 is 1.32 bits per heavy atom. The molecule has 2 atom stereocenters. The second-order valence-electron chi connectivity index (χ2n) is 6.99. The summed E-state index contributed by atoms with van der Waals surface area (Å²) in [6.45, 7) is 0.482. The zero-order valence-corrected chi connectivity index (χ0v) is 20.0. The molecular weight excluding hydrogens is 496 g/mol. The third kappa shape index (κ3) is 4.89. The largest absolute Gasteiger partial charge is 0.495 e. The first kappa shape index (κ1) is 21.7. The van der Waals surface area contributed by atoms with Crippen molar-refractivity contribution in [2.45, 2.75) is 18.5 Å². The van der Waals surface area contributed by atoms with Crippen LogP contribution in [0.15, 0.2) is 64.6 Å². The van der Waals surface area contributed by atoms with E-state index >= 15 is 0 Å². The quantitative estimate of drug-likeness (QED) is 0.434. The number of methoxy groups -OCH3 is 1. The number of thiocarbonyl (C=S) groups is 1. The average molecular weight is 517 g/mol. The molecule has 0 radical (unpaired) electrons. The first-order chi connectivity index (χ1) is 15.1. The van der Waals surface area contributed by atoms with Crippen molar-refractivity contribution < 1.29 is 9.53 Å². The molecule has 1 aromatic carbocycles. The summed E-state index contributed by atoms with van der Waals surface area (Å²) in [6, 6.07) is 15.2. The minimum Gasteiger partial charge on any atom is -0.495 e. The van der Waals surface area contributed by atoms with Gasteiger partial charge < -0.3 is 20.3 Å². The number of carbonyl (C=O) groups is 1. The standard InChI is InChI=1S/C22H21BrN4O2S2/c1-29-17-8-3-2-6-15(17)25-19(28)9-11-27-21(18-12-14(23)13-31-18)20(26-22(27)30)16-7-4-5-10-24-16/h2-8,10,12-13,20-21H,9,11H2,1H3,(H,25,28)(H,26,30)/t20-,21+/m0/s1. The van der Waals surface area contributed by atoms with Crippen LogP contribution in [0.4, 0.5) is 5.69 Å². The monoisotopic (exact) mass is 516 g/mol. The Labute approximate surface area is 198 Å². The number of benzene rings is 1. The predicted molar refractivity (Wildman–Crippen MR) is 130 cm³/mol. The molecule has 0 bridgehead atoms. The van der Waals surface area contributed by atoms with Gasteiger partial charge in [-0.25, -0.2) is 0 Å². The lowest BCUT2D eigenvalue weighted by molar-refractivity contribution is -0.116. The molecule has 1 aliphatic rings. The minimum absolute atomic E-state index is 0.0437. The van der Waals surface area contributed by atoms with Crippen molar-refractivity contribution in [1.82, 2.24) is 15.2 Å². The number of hydrogen-bond donors (Lipinski definition) is 2. The van der Waals surface area contributed by atoms with E-state index in [9.17, 15) is 4.79 Å². The number of ether oxygens (including phenoxy) is 1. The number of amides is 1. The Kier molecular flexibility index (Phi) is 6.84. The van der Waals surface area contributed by atoms with Crippen LogP contribution in [0.1, 0.15) is 29.1 Å². The fraction of sp³-hybridized carbons (Fsp3) is 0.227. The van der Waals surface area contributed by atoms with E-state index in [1.807, 2.05) is 42.5 Å². The number of pyridine rings is 1. The number of hydrogen-bond acceptors (Lipinski definition) is 5. The summed E-state index contributed by atoms with van der Waals surface area (Å²) in [4.78, 5) is 20.4. The smallest absolute Gasteiger partial charge is 0.226 e. The minimum atomic E-state index is -0.0975. The van der Waals surface area contributed by atoms with E-state index < -0.39 is 0 Å². The molecule has 1 amide bonds. The first-order valence-electron chi connectivity index (χ1n) is 9.71. The van der Waals surface area contributed by atoms with Gasteiger partial charge in [-0.3, -0.25) is 9.78 Å². The van der Waals surface area contributed by atoms with Gasteiger partial charge in [0.15, 0.2) is 5.11 Å². The summed E-state index contributed by atoms with van der Waals surface area (Å²) >= 11 is 10.9. The summed E-state index contributed by atoms with van der Waals surface area (Å²) in [7, 11) is 1.58. The van der Waals surface area contributed by atoms with Crippen LogP contribution in [0.5, 0.6) is 5.75 Å². The normalized spacial score (nSPS) is 18.0. The van der Waals surface area contributed by atoms with Crippen molar-refractivity contribution in [1.29, 1.82) is 0 Å². The molecule has 0 spiro atoms. The zero-order valence-electron chi connectivity index (χ0n) is 16.7. The molecule has 0 aliphatic carbocycles. The number of para-hydroxylation sites is 2. The van der Waals surface area contributed by atoms with Crippen LogP contribution >= 0.6 is 39.5 Å². The van der Waals surface area contributed by atoms with Crippen LogP contribution in [-0.2, 0) is 4.79 Å². The Morgan fingerprint density at radius 3 is 2.84 bits per heavy atom. The summed E-state index contributed by atoms with van der Waals surface area (Å²) in [5.41, 5.74) is 1.57. The van der Waals surface area contributed by atoms with Crippen LogP contribution in [0, 0.1) is 0 Å². The Bertz CT molecular complexity index is 1080. The number of thiophene rings is 1. The molecule has 9 heteroatoms. The van der Waals surface area contributed by atoms with Crippen molar-refractivity contribution in [2.75, 3.05) is 19.0 Å². The average Bonchev–Trinajstić information content (AvgIpc) is 3.35. The second-order valence-corrected chi connectivity index (χ2v) is 9.23. The van der Waals surface area contributed by atoms with E-state index in [1.54, 1.807) is 24.6 Å². The van der Waals surface area contributed by atoms with Gasteiger partial charge >= 0.3 is 0 Å². The lowest BCUT2D eigenvalue weighted by Gasteiger charge is -2.26. The molecule has 2 aromatic heterocycles. The molecular formula is C22H21BrN4O2S2. The van der Waals surface area contributed by atoms with E-state index in [1.165, 1.54) is 0 Å². The number of halogens is 1. The topological polar surface area (TPSA) is 66.5 Å². The maximum atomic E-state index is 12.7. The summed E-state index contributed by atoms with van der Waals surface area (Å²) in [6.07, 6.45) is 2.07. The van der Waals surface area contributed by atoms with Gasteiger partial charge in [-0.15, -0.1) is 11.3 Å². The zero-order chi connectivity index (χ0) is 21.8. The highest BCUT2D eigenvalue weighted by Crippen LogP contribution is 2.41. The third-order valence-electron chi connectivity index (χ3n) is 5.04. The van der Waals surface area contributed by atoms with Crippen LogP contribution in [0.2, 0.25) is 0 Å². The summed E-state index contributed by atoms with van der Waals surface area (Å²) < 4.78 is 6.34. The highest BCUT2D eigenvalue weighted by atomic mass is 79.9. The van der Waals surface area contributed by atoms with Gasteiger partial charge in [0.1, 0.15) is 5.75 Å². The van der Waals surface area contributed by atoms with Gasteiger partial charge in [-0.2, -0.15) is 0 Å². The first-order valence-corrected chi connectivity index (χ1v) is 11.8. The lowest BCUT2D eigenvalue weighted by Crippen LogP contribution is -2.32. The molecule has 6 nitrogen and oxygen atoms in total. The van der Waals surface area contributed by atoms with Crippen molar-refractivity contribution in [3.05, 3.63) is 75.2 Å². The van der Waals surface area contributed by atoms with Crippen LogP contribution < -0.4 is 15.4 Å². The molecule has 1 fully saturated rings. The highest BCUT2D eigenvalue weighted by molar-refractivity contribution is 9.10. The van der Waals surface area contributed by atoms with Crippen molar-refractivity contribution in [2.24, 2.45) is 0 Å². The molecule has 0 saturated carbocycles. The van der Waals surface area contributed by atoms with E-state index in [-0.39, 0.29) is 24.4 Å². The fourth-order valence-electron chi connectivity index (χ4n) is 3.62. The van der Waals surface area contributed by atoms with Gasteiger partial charge in [0, 0.05) is 33.9 Å². The highest BCUT2D eigenvalue weighted by Gasteiger charge is 2.40. The molecule has 0 unspecified atom stereocenters. The van der Waals surface area contributed by atoms with Crippen LogP contribution in [-0.4, -0.2) is 34.6 Å². The van der Waals surface area contributed by atoms with Gasteiger partial charge in [0.05, 0.1) is 30.6 Å². The van der Waals surface area contributed by atoms with E-state index in [0.717, 1.165) is 15.0 Å². The SMILES string of the molecule is COc1ccccc1NC(=O)CCN1C(=S)N[C@@H](c2ccccn2)[C@H]1c1cc(Br)cs1. The Balaban J connectivity index is 1.52. The molecule has 1 saturated heterocycles. The van der Waals surface area contributed by atoms with Gasteiger partial charge in [-0.05, 0) is 58.5 Å². The van der Waals surface area contributed by atoms with Gasteiger partial charge in [0.2, 0.25) is 5.91 Å². The van der Waals surface area contributed by atoms with Crippen LogP contribution in [0.25, 0.3) is 0 Å². The lowest BCUT2D eigenvalue weighted by atomic mass is 10.0. The van der Waals surface area contributed by atoms with Crippen molar-refractivity contribution in [3.63, 3.8) is 0 Å². The van der Waals surface area contributed by atoms with Crippen LogP contribution in [0.3, 0.4) is 0 Å². The Hall–Kier alpha value is -2.49. The number of rotatable bonds is 7. The molecule has 31 heavy (non-hydrogen) atoms. The third-order valence-corrected chi connectivity index (χ3v) is 7.15. The van der Waals surface area contributed by atoms with E-state index in [2.05, 4.69) is 47.9 Å². The van der Waals surface area contributed by atoms with E-state index in [4.69, 9.17) is 17.0 Å². The number of carbonyl (C=O) groups excluding carboxylic acids is 1. The van der Waals surface area contributed by atoms with Crippen molar-refractivity contribution >= 4 is 56.2 Å².